The first-order valence-corrected chi connectivity index (χ1v) is 9.95. The van der Waals surface area contributed by atoms with Gasteiger partial charge in [0.05, 0.1) is 16.5 Å². The molecule has 0 aliphatic heterocycles. The molecule has 1 amide bonds. The summed E-state index contributed by atoms with van der Waals surface area (Å²) in [6, 6.07) is 14.4. The molecule has 8 heteroatoms. The Labute approximate surface area is 159 Å². The second-order valence-corrected chi connectivity index (χ2v) is 7.52. The zero-order valence-corrected chi connectivity index (χ0v) is 15.8. The van der Waals surface area contributed by atoms with Crippen molar-refractivity contribution in [3.8, 4) is 11.8 Å². The van der Waals surface area contributed by atoms with Crippen LogP contribution in [0.15, 0.2) is 53.4 Å². The SMILES string of the molecule is CCCCNS(=O)(=O)c1ccc(OCC(=O)Nc2cccc(C#N)c2)cc1. The maximum atomic E-state index is 12.1. The molecule has 0 saturated heterocycles. The number of benzene rings is 2. The van der Waals surface area contributed by atoms with E-state index in [9.17, 15) is 13.2 Å². The van der Waals surface area contributed by atoms with Crippen molar-refractivity contribution in [2.24, 2.45) is 0 Å². The van der Waals surface area contributed by atoms with Gasteiger partial charge < -0.3 is 10.1 Å². The predicted molar refractivity (Wildman–Crippen MR) is 102 cm³/mol. The number of nitrogens with zero attached hydrogens (tertiary/aromatic N) is 1. The van der Waals surface area contributed by atoms with Crippen molar-refractivity contribution in [2.75, 3.05) is 18.5 Å². The fourth-order valence-electron chi connectivity index (χ4n) is 2.19. The number of carbonyl (C=O) groups excluding carboxylic acids is 1. The van der Waals surface area contributed by atoms with Crippen molar-refractivity contribution in [3.63, 3.8) is 0 Å². The lowest BCUT2D eigenvalue weighted by Gasteiger charge is -2.09. The van der Waals surface area contributed by atoms with Gasteiger partial charge in [0, 0.05) is 12.2 Å². The lowest BCUT2D eigenvalue weighted by Crippen LogP contribution is -2.24. The highest BCUT2D eigenvalue weighted by Crippen LogP contribution is 2.16. The molecule has 0 aromatic heterocycles. The third kappa shape index (κ3) is 6.40. The minimum absolute atomic E-state index is 0.142. The van der Waals surface area contributed by atoms with Gasteiger partial charge in [-0.25, -0.2) is 13.1 Å². The van der Waals surface area contributed by atoms with Gasteiger partial charge in [-0.3, -0.25) is 4.79 Å². The second kappa shape index (κ2) is 9.71. The molecule has 142 valence electrons. The van der Waals surface area contributed by atoms with E-state index < -0.39 is 10.0 Å². The monoisotopic (exact) mass is 387 g/mol. The summed E-state index contributed by atoms with van der Waals surface area (Å²) < 4.78 is 32.1. The number of hydrogen-bond acceptors (Lipinski definition) is 5. The van der Waals surface area contributed by atoms with Crippen molar-refractivity contribution < 1.29 is 17.9 Å². The van der Waals surface area contributed by atoms with Crippen LogP contribution in [0, 0.1) is 11.3 Å². The summed E-state index contributed by atoms with van der Waals surface area (Å²) in [5.41, 5.74) is 0.945. The van der Waals surface area contributed by atoms with Crippen LogP contribution in [-0.2, 0) is 14.8 Å². The molecule has 0 aliphatic rings. The molecule has 2 rings (SSSR count). The van der Waals surface area contributed by atoms with Gasteiger partial charge in [-0.15, -0.1) is 0 Å². The first kappa shape index (κ1) is 20.4. The van der Waals surface area contributed by atoms with E-state index in [1.807, 2.05) is 13.0 Å². The number of sulfonamides is 1. The Morgan fingerprint density at radius 2 is 1.93 bits per heavy atom. The number of anilines is 1. The highest BCUT2D eigenvalue weighted by Gasteiger charge is 2.13. The summed E-state index contributed by atoms with van der Waals surface area (Å²) >= 11 is 0. The Morgan fingerprint density at radius 1 is 1.19 bits per heavy atom. The van der Waals surface area contributed by atoms with E-state index in [0.29, 0.717) is 23.5 Å². The fraction of sp³-hybridized carbons (Fsp3) is 0.263. The lowest BCUT2D eigenvalue weighted by atomic mass is 10.2. The van der Waals surface area contributed by atoms with Gasteiger partial charge in [0.25, 0.3) is 5.91 Å². The molecule has 2 aromatic carbocycles. The normalized spacial score (nSPS) is 10.8. The van der Waals surface area contributed by atoms with Gasteiger partial charge >= 0.3 is 0 Å². The third-order valence-corrected chi connectivity index (χ3v) is 5.08. The zero-order chi connectivity index (χ0) is 19.7. The van der Waals surface area contributed by atoms with Crippen molar-refractivity contribution in [1.82, 2.24) is 4.72 Å². The molecule has 27 heavy (non-hydrogen) atoms. The van der Waals surface area contributed by atoms with Crippen molar-refractivity contribution in [1.29, 1.82) is 5.26 Å². The summed E-state index contributed by atoms with van der Waals surface area (Å²) in [6.45, 7) is 2.14. The van der Waals surface area contributed by atoms with Crippen LogP contribution in [0.1, 0.15) is 25.3 Å². The standard InChI is InChI=1S/C19H21N3O4S/c1-2-3-11-21-27(24,25)18-9-7-17(8-10-18)26-14-19(23)22-16-6-4-5-15(12-16)13-20/h4-10,12,21H,2-3,11,14H2,1H3,(H,22,23). The van der Waals surface area contributed by atoms with Crippen LogP contribution >= 0.6 is 0 Å². The van der Waals surface area contributed by atoms with Gasteiger partial charge in [0.1, 0.15) is 5.75 Å². The Kier molecular flexibility index (Phi) is 7.34. The zero-order valence-electron chi connectivity index (χ0n) is 14.9. The Morgan fingerprint density at radius 3 is 2.59 bits per heavy atom. The van der Waals surface area contributed by atoms with Gasteiger partial charge in [0.2, 0.25) is 10.0 Å². The molecule has 2 aromatic rings. The van der Waals surface area contributed by atoms with E-state index in [1.54, 1.807) is 24.3 Å². The van der Waals surface area contributed by atoms with Crippen molar-refractivity contribution in [3.05, 3.63) is 54.1 Å². The molecule has 0 spiro atoms. The highest BCUT2D eigenvalue weighted by molar-refractivity contribution is 7.89. The highest BCUT2D eigenvalue weighted by atomic mass is 32.2. The number of ether oxygens (including phenoxy) is 1. The summed E-state index contributed by atoms with van der Waals surface area (Å²) in [4.78, 5) is 12.1. The van der Waals surface area contributed by atoms with Gasteiger partial charge in [0.15, 0.2) is 6.61 Å². The Balaban J connectivity index is 1.89. The van der Waals surface area contributed by atoms with E-state index >= 15 is 0 Å². The van der Waals surface area contributed by atoms with Crippen molar-refractivity contribution in [2.45, 2.75) is 24.7 Å². The molecule has 7 nitrogen and oxygen atoms in total. The molecule has 0 aliphatic carbocycles. The number of hydrogen-bond donors (Lipinski definition) is 2. The van der Waals surface area contributed by atoms with Crippen LogP contribution in [0.2, 0.25) is 0 Å². The summed E-state index contributed by atoms with van der Waals surface area (Å²) in [7, 11) is -3.54. The Hall–Kier alpha value is -2.89. The van der Waals surface area contributed by atoms with E-state index in [2.05, 4.69) is 10.0 Å². The minimum atomic E-state index is -3.54. The molecule has 0 radical (unpaired) electrons. The second-order valence-electron chi connectivity index (χ2n) is 5.75. The maximum absolute atomic E-state index is 12.1. The molecule has 0 fully saturated rings. The minimum Gasteiger partial charge on any atom is -0.484 e. The third-order valence-electron chi connectivity index (χ3n) is 3.60. The molecule has 0 atom stereocenters. The average molecular weight is 387 g/mol. The predicted octanol–water partition coefficient (Wildman–Crippen LogP) is 2.65. The van der Waals surface area contributed by atoms with Crippen LogP contribution in [0.25, 0.3) is 0 Å². The first-order chi connectivity index (χ1) is 12.9. The lowest BCUT2D eigenvalue weighted by molar-refractivity contribution is -0.118. The molecular formula is C19H21N3O4S. The van der Waals surface area contributed by atoms with Crippen LogP contribution in [-0.4, -0.2) is 27.5 Å². The number of unbranched alkanes of at least 4 members (excludes halogenated alkanes) is 1. The molecular weight excluding hydrogens is 366 g/mol. The molecule has 2 N–H and O–H groups in total. The smallest absolute Gasteiger partial charge is 0.262 e. The first-order valence-electron chi connectivity index (χ1n) is 8.47. The van der Waals surface area contributed by atoms with Gasteiger partial charge in [-0.05, 0) is 48.9 Å². The number of nitriles is 1. The molecule has 0 bridgehead atoms. The van der Waals surface area contributed by atoms with Gasteiger partial charge in [-0.2, -0.15) is 5.26 Å². The maximum Gasteiger partial charge on any atom is 0.262 e. The summed E-state index contributed by atoms with van der Waals surface area (Å²) in [6.07, 6.45) is 1.67. The summed E-state index contributed by atoms with van der Waals surface area (Å²) in [5, 5.41) is 11.5. The van der Waals surface area contributed by atoms with Crippen LogP contribution in [0.5, 0.6) is 5.75 Å². The van der Waals surface area contributed by atoms with Crippen LogP contribution < -0.4 is 14.8 Å². The Bertz CT molecular complexity index is 919. The van der Waals surface area contributed by atoms with Crippen molar-refractivity contribution >= 4 is 21.6 Å². The van der Waals surface area contributed by atoms with Crippen LogP contribution in [0.3, 0.4) is 0 Å². The number of carbonyl (C=O) groups is 1. The van der Waals surface area contributed by atoms with Crippen LogP contribution in [0.4, 0.5) is 5.69 Å². The number of rotatable bonds is 9. The van der Waals surface area contributed by atoms with E-state index in [4.69, 9.17) is 10.00 Å². The molecule has 0 saturated carbocycles. The average Bonchev–Trinajstić information content (AvgIpc) is 2.67. The summed E-state index contributed by atoms with van der Waals surface area (Å²) in [5.74, 6) is -0.00791. The largest absolute Gasteiger partial charge is 0.484 e. The van der Waals surface area contributed by atoms with E-state index in [-0.39, 0.29) is 17.4 Å². The number of nitrogens with one attached hydrogen (secondary N) is 2. The molecule has 0 heterocycles. The van der Waals surface area contributed by atoms with E-state index in [1.165, 1.54) is 24.3 Å². The van der Waals surface area contributed by atoms with Gasteiger partial charge in [-0.1, -0.05) is 19.4 Å². The molecule has 0 unspecified atom stereocenters. The quantitative estimate of drug-likeness (QED) is 0.643. The number of amides is 1. The fourth-order valence-corrected chi connectivity index (χ4v) is 3.27. The topological polar surface area (TPSA) is 108 Å². The van der Waals surface area contributed by atoms with E-state index in [0.717, 1.165) is 12.8 Å².